The smallest absolute Gasteiger partial charge is 0.391 e. The summed E-state index contributed by atoms with van der Waals surface area (Å²) in [7, 11) is -4.39. The van der Waals surface area contributed by atoms with E-state index in [0.717, 1.165) is 0 Å². The molecule has 12 heavy (non-hydrogen) atoms. The molecule has 0 aromatic carbocycles. The van der Waals surface area contributed by atoms with Gasteiger partial charge >= 0.3 is 7.82 Å². The molecule has 7 nitrogen and oxygen atoms in total. The van der Waals surface area contributed by atoms with E-state index in [0.29, 0.717) is 6.42 Å². The molecule has 0 aromatic heterocycles. The molecular weight excluding hydrogens is 187 g/mol. The van der Waals surface area contributed by atoms with Crippen LogP contribution in [0.2, 0.25) is 0 Å². The van der Waals surface area contributed by atoms with Gasteiger partial charge in [0, 0.05) is 0 Å². The molecule has 8 heteroatoms. The lowest BCUT2D eigenvalue weighted by atomic mass is 10.3. The molecule has 0 bridgehead atoms. The Bertz CT molecular complexity index is 137. The first-order valence-electron chi connectivity index (χ1n) is 2.84. The average molecular weight is 204 g/mol. The number of rotatable bonds is 4. The van der Waals surface area contributed by atoms with Crippen molar-refractivity contribution in [2.24, 2.45) is 0 Å². The third-order valence-corrected chi connectivity index (χ3v) is 1.39. The maximum absolute atomic E-state index is 10.0. The van der Waals surface area contributed by atoms with Crippen molar-refractivity contribution in [3.8, 4) is 0 Å². The molecule has 0 heterocycles. The molecule has 0 aromatic rings. The molecule has 1 unspecified atom stereocenters. The van der Waals surface area contributed by atoms with Crippen LogP contribution >= 0.6 is 7.82 Å². The number of aliphatic hydroxyl groups is 1. The Hall–Kier alpha value is -0.0100. The van der Waals surface area contributed by atoms with Crippen molar-refractivity contribution in [1.29, 1.82) is 0 Å². The minimum Gasteiger partial charge on any atom is -0.391 e. The zero-order valence-electron chi connectivity index (χ0n) is 7.01. The van der Waals surface area contributed by atoms with E-state index in [1.165, 1.54) is 0 Å². The van der Waals surface area contributed by atoms with Crippen molar-refractivity contribution in [2.75, 3.05) is 6.61 Å². The van der Waals surface area contributed by atoms with E-state index >= 15 is 0 Å². The molecule has 0 fully saturated rings. The lowest BCUT2D eigenvalue weighted by Gasteiger charge is -2.08. The summed E-state index contributed by atoms with van der Waals surface area (Å²) in [6, 6.07) is 0. The second kappa shape index (κ2) is 7.63. The van der Waals surface area contributed by atoms with Crippen molar-refractivity contribution < 1.29 is 24.0 Å². The zero-order valence-corrected chi connectivity index (χ0v) is 7.91. The van der Waals surface area contributed by atoms with E-state index in [2.05, 4.69) is 4.52 Å². The lowest BCUT2D eigenvalue weighted by molar-refractivity contribution is 0.0826. The standard InChI is InChI=1S/C4H11O5P.2H3N/c1-2-4(5)3-9-10(6,7)8;;/h4-5H,2-3H2,1H3,(H2,6,7,8);2*1H3. The minimum absolute atomic E-state index is 0. The molecule has 0 amide bonds. The summed E-state index contributed by atoms with van der Waals surface area (Å²) >= 11 is 0. The predicted octanol–water partition coefficient (Wildman–Crippen LogP) is 0.191. The Morgan fingerprint density at radius 3 is 2.08 bits per heavy atom. The highest BCUT2D eigenvalue weighted by molar-refractivity contribution is 7.46. The SMILES string of the molecule is CCC(O)COP(=O)(O)O.N.N. The fraction of sp³-hybridized carbons (Fsp3) is 1.00. The van der Waals surface area contributed by atoms with Crippen molar-refractivity contribution in [3.05, 3.63) is 0 Å². The van der Waals surface area contributed by atoms with Crippen molar-refractivity contribution in [1.82, 2.24) is 12.3 Å². The topological polar surface area (TPSA) is 157 Å². The van der Waals surface area contributed by atoms with Crippen molar-refractivity contribution in [3.63, 3.8) is 0 Å². The Labute approximate surface area is 71.2 Å². The predicted molar refractivity (Wildman–Crippen MR) is 44.3 cm³/mol. The third-order valence-electron chi connectivity index (χ3n) is 0.906. The number of hydrogen-bond donors (Lipinski definition) is 5. The zero-order chi connectivity index (χ0) is 8.20. The second-order valence-electron chi connectivity index (χ2n) is 1.85. The van der Waals surface area contributed by atoms with Gasteiger partial charge < -0.3 is 27.2 Å². The monoisotopic (exact) mass is 204 g/mol. The number of hydrogen-bond acceptors (Lipinski definition) is 5. The van der Waals surface area contributed by atoms with Crippen molar-refractivity contribution >= 4 is 7.82 Å². The molecule has 1 atom stereocenters. The van der Waals surface area contributed by atoms with Gasteiger partial charge in [-0.2, -0.15) is 0 Å². The highest BCUT2D eigenvalue weighted by Gasteiger charge is 2.15. The normalized spacial score (nSPS) is 12.7. The summed E-state index contributed by atoms with van der Waals surface area (Å²) in [6.45, 7) is 1.37. The van der Waals surface area contributed by atoms with Gasteiger partial charge in [-0.1, -0.05) is 6.92 Å². The number of aliphatic hydroxyl groups excluding tert-OH is 1. The Morgan fingerprint density at radius 1 is 1.42 bits per heavy atom. The summed E-state index contributed by atoms with van der Waals surface area (Å²) < 4.78 is 14.0. The van der Waals surface area contributed by atoms with E-state index in [1.807, 2.05) is 0 Å². The van der Waals surface area contributed by atoms with E-state index < -0.39 is 13.9 Å². The molecule has 0 spiro atoms. The maximum Gasteiger partial charge on any atom is 0.469 e. The quantitative estimate of drug-likeness (QED) is 0.409. The molecule has 0 saturated heterocycles. The molecule has 0 radical (unpaired) electrons. The second-order valence-corrected chi connectivity index (χ2v) is 3.09. The van der Waals surface area contributed by atoms with E-state index in [-0.39, 0.29) is 18.9 Å². The van der Waals surface area contributed by atoms with Gasteiger partial charge in [-0.3, -0.25) is 4.52 Å². The number of phosphoric ester groups is 1. The van der Waals surface area contributed by atoms with Crippen LogP contribution in [0.4, 0.5) is 0 Å². The maximum atomic E-state index is 10.0. The van der Waals surface area contributed by atoms with Gasteiger partial charge in [-0.15, -0.1) is 0 Å². The Morgan fingerprint density at radius 2 is 1.83 bits per heavy atom. The van der Waals surface area contributed by atoms with Gasteiger partial charge in [-0.25, -0.2) is 4.57 Å². The molecule has 0 aliphatic rings. The fourth-order valence-corrected chi connectivity index (χ4v) is 0.667. The van der Waals surface area contributed by atoms with Crippen LogP contribution in [0.15, 0.2) is 0 Å². The molecule has 78 valence electrons. The highest BCUT2D eigenvalue weighted by Crippen LogP contribution is 2.35. The van der Waals surface area contributed by atoms with Crippen LogP contribution in [-0.4, -0.2) is 27.6 Å². The first-order chi connectivity index (χ1) is 4.45. The van der Waals surface area contributed by atoms with E-state index in [1.54, 1.807) is 6.92 Å². The summed E-state index contributed by atoms with van der Waals surface area (Å²) in [5.74, 6) is 0. The van der Waals surface area contributed by atoms with E-state index in [4.69, 9.17) is 14.9 Å². The third kappa shape index (κ3) is 12.6. The van der Waals surface area contributed by atoms with Gasteiger partial charge in [0.1, 0.15) is 0 Å². The molecule has 0 aliphatic heterocycles. The highest BCUT2D eigenvalue weighted by atomic mass is 31.2. The molecule has 0 rings (SSSR count). The van der Waals surface area contributed by atoms with Crippen LogP contribution in [0.1, 0.15) is 13.3 Å². The van der Waals surface area contributed by atoms with Gasteiger partial charge in [0.2, 0.25) is 0 Å². The van der Waals surface area contributed by atoms with E-state index in [9.17, 15) is 4.57 Å². The van der Waals surface area contributed by atoms with Crippen LogP contribution in [0.3, 0.4) is 0 Å². The van der Waals surface area contributed by atoms with Gasteiger partial charge in [0.05, 0.1) is 12.7 Å². The molecule has 0 saturated carbocycles. The van der Waals surface area contributed by atoms with Crippen LogP contribution in [0.5, 0.6) is 0 Å². The Kier molecular flexibility index (Phi) is 11.4. The van der Waals surface area contributed by atoms with Crippen LogP contribution < -0.4 is 12.3 Å². The molecule has 9 N–H and O–H groups in total. The Balaban J connectivity index is -0.000000405. The first kappa shape index (κ1) is 17.9. The molecule has 0 aliphatic carbocycles. The number of phosphoric acid groups is 1. The fourth-order valence-electron chi connectivity index (χ4n) is 0.301. The summed E-state index contributed by atoms with van der Waals surface area (Å²) in [5.41, 5.74) is 0. The average Bonchev–Trinajstić information content (AvgIpc) is 1.81. The molecular formula is C4H17N2O5P. The first-order valence-corrected chi connectivity index (χ1v) is 4.37. The van der Waals surface area contributed by atoms with Crippen molar-refractivity contribution in [2.45, 2.75) is 19.4 Å². The van der Waals surface area contributed by atoms with Gasteiger partial charge in [0.15, 0.2) is 0 Å². The minimum atomic E-state index is -4.39. The van der Waals surface area contributed by atoms with Gasteiger partial charge in [-0.05, 0) is 6.42 Å². The lowest BCUT2D eigenvalue weighted by Crippen LogP contribution is -2.12. The summed E-state index contributed by atoms with van der Waals surface area (Å²) in [4.78, 5) is 16.3. The van der Waals surface area contributed by atoms with Gasteiger partial charge in [0.25, 0.3) is 0 Å². The van der Waals surface area contributed by atoms with Crippen LogP contribution in [-0.2, 0) is 9.09 Å². The largest absolute Gasteiger partial charge is 0.469 e. The summed E-state index contributed by atoms with van der Waals surface area (Å²) in [5, 5.41) is 8.75. The van der Waals surface area contributed by atoms with Crippen LogP contribution in [0, 0.1) is 0 Å². The van der Waals surface area contributed by atoms with Crippen LogP contribution in [0.25, 0.3) is 0 Å². The summed E-state index contributed by atoms with van der Waals surface area (Å²) in [6.07, 6.45) is -0.382.